The minimum Gasteiger partial charge on any atom is -0.352 e. The lowest BCUT2D eigenvalue weighted by atomic mass is 10.3. The van der Waals surface area contributed by atoms with E-state index in [1.165, 1.54) is 12.1 Å². The standard InChI is InChI=1S/C10H9Cl2N3O2S/c11-5-3-7(12)9-8(4-5)14-10(13-6-1-2-6)15-18(9,16)17/h3-4,6H,1-2H2,(H2,13,14,15). The average Bonchev–Trinajstić information content (AvgIpc) is 2.97. The van der Waals surface area contributed by atoms with Crippen LogP contribution in [-0.4, -0.2) is 20.4 Å². The van der Waals surface area contributed by atoms with E-state index in [-0.39, 0.29) is 15.9 Å². The third kappa shape index (κ3) is 2.15. The van der Waals surface area contributed by atoms with Crippen molar-refractivity contribution < 1.29 is 8.42 Å². The van der Waals surface area contributed by atoms with E-state index >= 15 is 0 Å². The molecule has 0 amide bonds. The zero-order valence-electron chi connectivity index (χ0n) is 9.07. The summed E-state index contributed by atoms with van der Waals surface area (Å²) in [5, 5.41) is 6.34. The number of anilines is 1. The molecule has 18 heavy (non-hydrogen) atoms. The van der Waals surface area contributed by atoms with Crippen LogP contribution in [-0.2, 0) is 10.0 Å². The van der Waals surface area contributed by atoms with Gasteiger partial charge in [-0.1, -0.05) is 23.2 Å². The number of benzene rings is 1. The van der Waals surface area contributed by atoms with Crippen molar-refractivity contribution in [3.05, 3.63) is 22.2 Å². The fourth-order valence-electron chi connectivity index (χ4n) is 1.72. The number of fused-ring (bicyclic) bond motifs is 1. The monoisotopic (exact) mass is 305 g/mol. The largest absolute Gasteiger partial charge is 0.352 e. The second-order valence-electron chi connectivity index (χ2n) is 4.22. The van der Waals surface area contributed by atoms with Gasteiger partial charge in [0.2, 0.25) is 5.96 Å². The highest BCUT2D eigenvalue weighted by molar-refractivity contribution is 7.90. The molecule has 1 aliphatic carbocycles. The quantitative estimate of drug-likeness (QED) is 0.834. The first-order valence-electron chi connectivity index (χ1n) is 5.33. The Morgan fingerprint density at radius 3 is 2.72 bits per heavy atom. The number of sulfonamides is 1. The van der Waals surface area contributed by atoms with Gasteiger partial charge in [0.1, 0.15) is 4.90 Å². The van der Waals surface area contributed by atoms with Crippen molar-refractivity contribution in [3.8, 4) is 0 Å². The Labute approximate surface area is 114 Å². The second kappa shape index (κ2) is 4.01. The van der Waals surface area contributed by atoms with Gasteiger partial charge >= 0.3 is 0 Å². The van der Waals surface area contributed by atoms with Crippen molar-refractivity contribution in [2.45, 2.75) is 23.8 Å². The minimum absolute atomic E-state index is 0.0325. The van der Waals surface area contributed by atoms with E-state index in [4.69, 9.17) is 23.2 Å². The highest BCUT2D eigenvalue weighted by Gasteiger charge is 2.31. The molecule has 5 nitrogen and oxygen atoms in total. The summed E-state index contributed by atoms with van der Waals surface area (Å²) in [5.41, 5.74) is 0.352. The topological polar surface area (TPSA) is 70.6 Å². The molecule has 1 saturated carbocycles. The molecule has 0 radical (unpaired) electrons. The smallest absolute Gasteiger partial charge is 0.289 e. The van der Waals surface area contributed by atoms with E-state index in [9.17, 15) is 8.42 Å². The summed E-state index contributed by atoms with van der Waals surface area (Å²) in [7, 11) is -3.78. The second-order valence-corrected chi connectivity index (χ2v) is 6.61. The molecule has 0 unspecified atom stereocenters. The van der Waals surface area contributed by atoms with Gasteiger partial charge in [-0.3, -0.25) is 0 Å². The van der Waals surface area contributed by atoms with Gasteiger partial charge in [-0.15, -0.1) is 4.40 Å². The molecule has 1 aromatic rings. The van der Waals surface area contributed by atoms with E-state index in [0.717, 1.165) is 12.8 Å². The number of hydrogen-bond acceptors (Lipinski definition) is 4. The number of guanidine groups is 1. The van der Waals surface area contributed by atoms with Gasteiger partial charge in [0.25, 0.3) is 10.0 Å². The Kier molecular flexibility index (Phi) is 2.69. The molecule has 0 saturated heterocycles. The summed E-state index contributed by atoms with van der Waals surface area (Å²) in [6, 6.07) is 3.20. The Morgan fingerprint density at radius 2 is 2.06 bits per heavy atom. The molecule has 96 valence electrons. The third-order valence-electron chi connectivity index (χ3n) is 2.65. The average molecular weight is 306 g/mol. The first-order chi connectivity index (χ1) is 8.45. The van der Waals surface area contributed by atoms with Gasteiger partial charge in [0, 0.05) is 11.1 Å². The van der Waals surface area contributed by atoms with Crippen LogP contribution in [0.2, 0.25) is 10.0 Å². The highest BCUT2D eigenvalue weighted by atomic mass is 35.5. The molecule has 1 fully saturated rings. The lowest BCUT2D eigenvalue weighted by Crippen LogP contribution is -2.36. The van der Waals surface area contributed by atoms with Crippen LogP contribution in [0.25, 0.3) is 0 Å². The highest BCUT2D eigenvalue weighted by Crippen LogP contribution is 2.36. The number of halogens is 2. The van der Waals surface area contributed by atoms with Crippen molar-refractivity contribution in [2.24, 2.45) is 4.40 Å². The maximum absolute atomic E-state index is 12.0. The number of nitrogens with zero attached hydrogens (tertiary/aromatic N) is 1. The van der Waals surface area contributed by atoms with E-state index in [1.807, 2.05) is 0 Å². The third-order valence-corrected chi connectivity index (χ3v) is 4.66. The van der Waals surface area contributed by atoms with Crippen LogP contribution in [0.15, 0.2) is 21.4 Å². The van der Waals surface area contributed by atoms with Gasteiger partial charge in [-0.05, 0) is 25.0 Å². The molecule has 0 spiro atoms. The van der Waals surface area contributed by atoms with Gasteiger partial charge in [0.15, 0.2) is 0 Å². The van der Waals surface area contributed by atoms with E-state index in [2.05, 4.69) is 15.0 Å². The Morgan fingerprint density at radius 1 is 1.33 bits per heavy atom. The molecule has 2 aliphatic rings. The molecule has 0 aromatic heterocycles. The van der Waals surface area contributed by atoms with E-state index < -0.39 is 10.0 Å². The summed E-state index contributed by atoms with van der Waals surface area (Å²) in [6.45, 7) is 0. The normalized spacial score (nSPS) is 20.7. The first-order valence-corrected chi connectivity index (χ1v) is 7.53. The van der Waals surface area contributed by atoms with E-state index in [0.29, 0.717) is 16.8 Å². The van der Waals surface area contributed by atoms with Crippen molar-refractivity contribution in [1.82, 2.24) is 5.32 Å². The molecular weight excluding hydrogens is 297 g/mol. The van der Waals surface area contributed by atoms with Crippen molar-refractivity contribution in [1.29, 1.82) is 0 Å². The van der Waals surface area contributed by atoms with Crippen LogP contribution in [0, 0.1) is 0 Å². The zero-order valence-corrected chi connectivity index (χ0v) is 11.4. The van der Waals surface area contributed by atoms with Crippen LogP contribution in [0.4, 0.5) is 5.69 Å². The fraction of sp³-hybridized carbons (Fsp3) is 0.300. The summed E-state index contributed by atoms with van der Waals surface area (Å²) in [6.07, 6.45) is 2.04. The Bertz CT molecular complexity index is 653. The first kappa shape index (κ1) is 12.1. The molecule has 0 bridgehead atoms. The zero-order chi connectivity index (χ0) is 12.9. The lowest BCUT2D eigenvalue weighted by Gasteiger charge is -2.20. The van der Waals surface area contributed by atoms with Crippen molar-refractivity contribution in [2.75, 3.05) is 5.32 Å². The number of hydrogen-bond donors (Lipinski definition) is 2. The van der Waals surface area contributed by atoms with Crippen molar-refractivity contribution >= 4 is 44.9 Å². The van der Waals surface area contributed by atoms with Crippen LogP contribution in [0.5, 0.6) is 0 Å². The molecular formula is C10H9Cl2N3O2S. The molecule has 0 atom stereocenters. The summed E-state index contributed by atoms with van der Waals surface area (Å²) >= 11 is 11.8. The van der Waals surface area contributed by atoms with Gasteiger partial charge < -0.3 is 10.6 Å². The molecule has 3 rings (SSSR count). The predicted molar refractivity (Wildman–Crippen MR) is 70.9 cm³/mol. The molecule has 1 aliphatic heterocycles. The van der Waals surface area contributed by atoms with E-state index in [1.54, 1.807) is 0 Å². The Balaban J connectivity index is 2.08. The summed E-state index contributed by atoms with van der Waals surface area (Å²) < 4.78 is 27.7. The van der Waals surface area contributed by atoms with Gasteiger partial charge in [0.05, 0.1) is 10.7 Å². The van der Waals surface area contributed by atoms with Crippen LogP contribution in [0.1, 0.15) is 12.8 Å². The van der Waals surface area contributed by atoms with Gasteiger partial charge in [-0.2, -0.15) is 8.42 Å². The Hall–Kier alpha value is -0.980. The SMILES string of the molecule is O=S1(=O)N=C(NC2CC2)Nc2cc(Cl)cc(Cl)c21. The van der Waals surface area contributed by atoms with Gasteiger partial charge in [-0.25, -0.2) is 0 Å². The number of nitrogens with one attached hydrogen (secondary N) is 2. The van der Waals surface area contributed by atoms with Crippen LogP contribution in [0.3, 0.4) is 0 Å². The lowest BCUT2D eigenvalue weighted by molar-refractivity contribution is 0.597. The molecule has 1 aromatic carbocycles. The maximum atomic E-state index is 12.0. The fourth-order valence-corrected chi connectivity index (χ4v) is 3.62. The van der Waals surface area contributed by atoms with Crippen LogP contribution < -0.4 is 10.6 Å². The number of rotatable bonds is 1. The van der Waals surface area contributed by atoms with Crippen molar-refractivity contribution in [3.63, 3.8) is 0 Å². The molecule has 1 heterocycles. The molecule has 2 N–H and O–H groups in total. The summed E-state index contributed by atoms with van der Waals surface area (Å²) in [5.74, 6) is 0.225. The van der Waals surface area contributed by atoms with Crippen LogP contribution >= 0.6 is 23.2 Å². The summed E-state index contributed by atoms with van der Waals surface area (Å²) in [4.78, 5) is -0.0325. The minimum atomic E-state index is -3.78. The predicted octanol–water partition coefficient (Wildman–Crippen LogP) is 2.22. The maximum Gasteiger partial charge on any atom is 0.289 e. The molecule has 8 heteroatoms.